The molecule has 0 spiro atoms. The number of amides is 4. The number of para-hydroxylation sites is 2. The summed E-state index contributed by atoms with van der Waals surface area (Å²) in [6.07, 6.45) is -12.5. The second-order valence-corrected chi connectivity index (χ2v) is 14.4. The van der Waals surface area contributed by atoms with Crippen LogP contribution in [0.3, 0.4) is 0 Å². The first-order valence-corrected chi connectivity index (χ1v) is 19.9. The molecule has 0 unspecified atom stereocenters. The zero-order valence-electron chi connectivity index (χ0n) is 33.5. The van der Waals surface area contributed by atoms with Crippen molar-refractivity contribution in [1.29, 1.82) is 0 Å². The third-order valence-corrected chi connectivity index (χ3v) is 9.10. The smallest absolute Gasteiger partial charge is 0.435 e. The Kier molecular flexibility index (Phi) is 16.8. The van der Waals surface area contributed by atoms with Crippen LogP contribution >= 0.6 is 34.8 Å². The Bertz CT molecular complexity index is 2700. The number of benzene rings is 2. The number of nitrogens with one attached hydrogen (secondary N) is 4. The number of alkyl halides is 9. The zero-order chi connectivity index (χ0) is 49.1. The lowest BCUT2D eigenvalue weighted by molar-refractivity contribution is -0.154. The van der Waals surface area contributed by atoms with Gasteiger partial charge in [0.2, 0.25) is 5.88 Å². The van der Waals surface area contributed by atoms with Crippen LogP contribution in [-0.2, 0) is 12.4 Å². The van der Waals surface area contributed by atoms with Gasteiger partial charge >= 0.3 is 18.5 Å². The van der Waals surface area contributed by atoms with Gasteiger partial charge in [0.1, 0.15) is 21.0 Å². The van der Waals surface area contributed by atoms with E-state index < -0.39 is 77.2 Å². The van der Waals surface area contributed by atoms with E-state index in [0.717, 1.165) is 33.9 Å². The Hall–Kier alpha value is -6.92. The minimum Gasteiger partial charge on any atom is -0.467 e. The Labute approximate surface area is 386 Å². The number of hydrogen-bond donors (Lipinski definition) is 4. The van der Waals surface area contributed by atoms with Gasteiger partial charge in [-0.2, -0.15) is 49.7 Å². The lowest BCUT2D eigenvalue weighted by atomic mass is 10.2. The van der Waals surface area contributed by atoms with E-state index in [2.05, 4.69) is 46.2 Å². The molecule has 2 aromatic carbocycles. The Morgan fingerprint density at radius 1 is 0.507 bits per heavy atom. The van der Waals surface area contributed by atoms with Gasteiger partial charge in [-0.3, -0.25) is 19.2 Å². The standard InChI is InChI=1S/C21H16ClF6N5O3.C19H14Cl2F3N5O2/c22-15-7-6-13(19(31-15)36-11-20(23,24)25)17(34)29-8-9-30-18(35)14-10-33(12-4-2-1-3-5-12)32-16(14)21(26,27)28;20-14-7-6-12(16(21)27-14)17(30)25-8-9-26-18(31)13-10-29(11-4-2-1-3-5-11)28-15(13)19(22,23)24/h1-7,10H,8-9,11H2,(H,29,34)(H,30,35);1-7,10H,8-9H2,(H,25,30)(H,26,31). The van der Waals surface area contributed by atoms with Crippen LogP contribution in [0, 0.1) is 0 Å². The molecular formula is C40H30Cl3F9N10O5. The van der Waals surface area contributed by atoms with Crippen molar-refractivity contribution in [2.75, 3.05) is 32.8 Å². The number of ether oxygens (including phenoxy) is 1. The molecule has 0 radical (unpaired) electrons. The molecule has 4 heterocycles. The average molecular weight is 1010 g/mol. The van der Waals surface area contributed by atoms with Crippen molar-refractivity contribution in [1.82, 2.24) is 50.8 Å². The van der Waals surface area contributed by atoms with Gasteiger partial charge in [0, 0.05) is 38.6 Å². The molecule has 0 saturated carbocycles. The summed E-state index contributed by atoms with van der Waals surface area (Å²) in [4.78, 5) is 56.5. The van der Waals surface area contributed by atoms with Gasteiger partial charge in [0.15, 0.2) is 18.0 Å². The van der Waals surface area contributed by atoms with Crippen LogP contribution in [0.5, 0.6) is 5.88 Å². The van der Waals surface area contributed by atoms with Gasteiger partial charge < -0.3 is 26.0 Å². The van der Waals surface area contributed by atoms with E-state index in [9.17, 15) is 58.7 Å². The molecule has 0 aliphatic heterocycles. The fraction of sp³-hybridized carbons (Fsp3) is 0.200. The van der Waals surface area contributed by atoms with E-state index >= 15 is 0 Å². The van der Waals surface area contributed by atoms with Gasteiger partial charge in [0.05, 0.1) is 28.1 Å². The van der Waals surface area contributed by atoms with Crippen LogP contribution in [0.15, 0.2) is 97.3 Å². The molecule has 0 atom stereocenters. The predicted octanol–water partition coefficient (Wildman–Crippen LogP) is 7.79. The Morgan fingerprint density at radius 3 is 1.27 bits per heavy atom. The normalized spacial score (nSPS) is 11.5. The number of aromatic nitrogens is 6. The second kappa shape index (κ2) is 22.0. The summed E-state index contributed by atoms with van der Waals surface area (Å²) in [5.41, 5.74) is -3.69. The summed E-state index contributed by atoms with van der Waals surface area (Å²) in [6.45, 7) is -2.48. The van der Waals surface area contributed by atoms with Crippen LogP contribution in [0.25, 0.3) is 11.4 Å². The second-order valence-electron chi connectivity index (χ2n) is 13.2. The van der Waals surface area contributed by atoms with E-state index in [1.807, 2.05) is 0 Å². The summed E-state index contributed by atoms with van der Waals surface area (Å²) >= 11 is 17.1. The molecular weight excluding hydrogens is 978 g/mol. The van der Waals surface area contributed by atoms with Crippen molar-refractivity contribution in [3.8, 4) is 17.3 Å². The van der Waals surface area contributed by atoms with E-state index in [1.165, 1.54) is 24.3 Å². The van der Waals surface area contributed by atoms with Crippen LogP contribution < -0.4 is 26.0 Å². The molecule has 15 nitrogen and oxygen atoms in total. The molecule has 0 aliphatic rings. The van der Waals surface area contributed by atoms with Crippen molar-refractivity contribution < 1.29 is 63.4 Å². The van der Waals surface area contributed by atoms with Gasteiger partial charge in [-0.15, -0.1) is 0 Å². The van der Waals surface area contributed by atoms with Gasteiger partial charge in [0.25, 0.3) is 23.6 Å². The largest absolute Gasteiger partial charge is 0.467 e. The minimum absolute atomic E-state index is 0.0578. The topological polar surface area (TPSA) is 187 Å². The molecule has 67 heavy (non-hydrogen) atoms. The lowest BCUT2D eigenvalue weighted by Gasteiger charge is -2.13. The average Bonchev–Trinajstić information content (AvgIpc) is 3.94. The predicted molar refractivity (Wildman–Crippen MR) is 222 cm³/mol. The monoisotopic (exact) mass is 1010 g/mol. The fourth-order valence-electron chi connectivity index (χ4n) is 5.44. The highest BCUT2D eigenvalue weighted by molar-refractivity contribution is 6.34. The summed E-state index contributed by atoms with van der Waals surface area (Å²) in [7, 11) is 0. The van der Waals surface area contributed by atoms with Crippen molar-refractivity contribution in [3.05, 3.63) is 146 Å². The number of carbonyl (C=O) groups is 4. The molecule has 0 saturated heterocycles. The molecule has 6 aromatic rings. The first-order chi connectivity index (χ1) is 31.5. The van der Waals surface area contributed by atoms with Crippen molar-refractivity contribution in [2.24, 2.45) is 0 Å². The Balaban J connectivity index is 0.000000254. The summed E-state index contributed by atoms with van der Waals surface area (Å²) in [5.74, 6) is -4.21. The highest BCUT2D eigenvalue weighted by atomic mass is 35.5. The number of halogens is 12. The van der Waals surface area contributed by atoms with Gasteiger partial charge in [-0.25, -0.2) is 19.3 Å². The summed E-state index contributed by atoms with van der Waals surface area (Å²) in [6, 6.07) is 20.9. The molecule has 4 aromatic heterocycles. The maximum Gasteiger partial charge on any atom is 0.435 e. The van der Waals surface area contributed by atoms with Crippen molar-refractivity contribution in [3.63, 3.8) is 0 Å². The fourth-order valence-corrected chi connectivity index (χ4v) is 6.01. The summed E-state index contributed by atoms with van der Waals surface area (Å²) in [5, 5.41) is 16.1. The third kappa shape index (κ3) is 14.5. The van der Waals surface area contributed by atoms with Crippen LogP contribution in [0.4, 0.5) is 39.5 Å². The third-order valence-electron chi connectivity index (χ3n) is 8.39. The summed E-state index contributed by atoms with van der Waals surface area (Å²) < 4.78 is 124. The molecule has 27 heteroatoms. The molecule has 4 N–H and O–H groups in total. The van der Waals surface area contributed by atoms with E-state index in [0.29, 0.717) is 11.4 Å². The quantitative estimate of drug-likeness (QED) is 0.0480. The molecule has 0 fully saturated rings. The number of pyridine rings is 2. The number of carbonyl (C=O) groups excluding carboxylic acids is 4. The van der Waals surface area contributed by atoms with E-state index in [4.69, 9.17) is 34.8 Å². The molecule has 6 rings (SSSR count). The van der Waals surface area contributed by atoms with Gasteiger partial charge in [-0.05, 0) is 48.5 Å². The first kappa shape index (κ1) is 51.1. The van der Waals surface area contributed by atoms with Crippen molar-refractivity contribution in [2.45, 2.75) is 18.5 Å². The highest BCUT2D eigenvalue weighted by Gasteiger charge is 2.40. The van der Waals surface area contributed by atoms with Gasteiger partial charge in [-0.1, -0.05) is 71.2 Å². The molecule has 0 bridgehead atoms. The maximum absolute atomic E-state index is 13.4. The van der Waals surface area contributed by atoms with E-state index in [-0.39, 0.29) is 52.8 Å². The first-order valence-electron chi connectivity index (χ1n) is 18.8. The minimum atomic E-state index is -4.91. The lowest BCUT2D eigenvalue weighted by Crippen LogP contribution is -2.35. The molecule has 0 aliphatic carbocycles. The molecule has 4 amide bonds. The van der Waals surface area contributed by atoms with E-state index in [1.54, 1.807) is 48.5 Å². The zero-order valence-corrected chi connectivity index (χ0v) is 35.8. The molecule has 354 valence electrons. The maximum atomic E-state index is 13.4. The number of nitrogens with zero attached hydrogens (tertiary/aromatic N) is 6. The highest BCUT2D eigenvalue weighted by Crippen LogP contribution is 2.33. The SMILES string of the molecule is O=C(NCCNC(=O)c1cn(-c2ccccc2)nc1C(F)(F)F)c1ccc(Cl)nc1Cl.O=C(NCCNC(=O)c1cn(-c2ccccc2)nc1C(F)(F)F)c1ccc(Cl)nc1OCC(F)(F)F. The van der Waals surface area contributed by atoms with Crippen LogP contribution in [-0.4, -0.2) is 92.1 Å². The van der Waals surface area contributed by atoms with Crippen LogP contribution in [0.2, 0.25) is 15.5 Å². The Morgan fingerprint density at radius 2 is 0.881 bits per heavy atom. The van der Waals surface area contributed by atoms with Crippen LogP contribution in [0.1, 0.15) is 52.8 Å². The number of hydrogen-bond acceptors (Lipinski definition) is 9. The van der Waals surface area contributed by atoms with Crippen molar-refractivity contribution >= 4 is 58.4 Å². The number of rotatable bonds is 14.